The first-order chi connectivity index (χ1) is 4.86. The molecule has 4 heteroatoms. The summed E-state index contributed by atoms with van der Waals surface area (Å²) in [5, 5.41) is 8.24. The second-order valence-electron chi connectivity index (χ2n) is 2.18. The molecule has 60 valence electrons. The van der Waals surface area contributed by atoms with Gasteiger partial charge in [-0.1, -0.05) is 12.1 Å². The summed E-state index contributed by atoms with van der Waals surface area (Å²) in [6.07, 6.45) is 0. The third kappa shape index (κ3) is 1.48. The van der Waals surface area contributed by atoms with Crippen LogP contribution in [0, 0.1) is 0 Å². The number of rotatable bonds is 0. The van der Waals surface area contributed by atoms with Gasteiger partial charge in [0.2, 0.25) is 0 Å². The molecule has 3 nitrogen and oxygen atoms in total. The van der Waals surface area contributed by atoms with Gasteiger partial charge in [0.05, 0.1) is 0 Å². The number of benzene rings is 1. The van der Waals surface area contributed by atoms with Crippen LogP contribution in [0.5, 0.6) is 0 Å². The quantitative estimate of drug-likeness (QED) is 0.721. The number of hydrogen-bond acceptors (Lipinski definition) is 2. The molecule has 0 bridgehead atoms. The second kappa shape index (κ2) is 3.14. The Morgan fingerprint density at radius 3 is 2.00 bits per heavy atom. The molecule has 0 aliphatic heterocycles. The van der Waals surface area contributed by atoms with Crippen LogP contribution in [0.15, 0.2) is 24.3 Å². The Bertz CT molecular complexity index is 322. The smallest absolute Gasteiger partial charge is 0.113 e. The van der Waals surface area contributed by atoms with Crippen LogP contribution in [0.3, 0.4) is 0 Å². The fourth-order valence-electron chi connectivity index (χ4n) is 0.967. The van der Waals surface area contributed by atoms with Gasteiger partial charge in [-0.3, -0.25) is 0 Å². The minimum Gasteiger partial charge on any atom is -0.187 e. The van der Waals surface area contributed by atoms with Gasteiger partial charge in [-0.05, 0) is 12.1 Å². The fraction of sp³-hybridized carbons (Fsp3) is 0.143. The van der Waals surface area contributed by atoms with Crippen LogP contribution in [0.2, 0.25) is 0 Å². The maximum Gasteiger partial charge on any atom is 0.113 e. The summed E-state index contributed by atoms with van der Waals surface area (Å²) in [7, 11) is 1.82. The number of aryl methyl sites for hydroxylation is 1. The first-order valence-electron chi connectivity index (χ1n) is 3.12. The van der Waals surface area contributed by atoms with Crippen molar-refractivity contribution in [2.45, 2.75) is 0 Å². The average Bonchev–Trinajstić information content (AvgIpc) is 2.27. The van der Waals surface area contributed by atoms with Gasteiger partial charge < -0.3 is 0 Å². The molecular weight excluding hydrogens is 321 g/mol. The molecule has 0 atom stereocenters. The van der Waals surface area contributed by atoms with Gasteiger partial charge >= 0.3 is 0 Å². The topological polar surface area (TPSA) is 30.7 Å². The van der Waals surface area contributed by atoms with Gasteiger partial charge in [0.15, 0.2) is 0 Å². The molecule has 0 radical (unpaired) electrons. The molecule has 0 unspecified atom stereocenters. The summed E-state index contributed by atoms with van der Waals surface area (Å²) in [4.78, 5) is 1.57. The molecule has 0 amide bonds. The van der Waals surface area contributed by atoms with Gasteiger partial charge in [0.1, 0.15) is 11.0 Å². The van der Waals surface area contributed by atoms with Crippen LogP contribution in [0.25, 0.3) is 11.0 Å². The number of nitrogens with zero attached hydrogens (tertiary/aromatic N) is 3. The molecule has 1 heterocycles. The van der Waals surface area contributed by atoms with Crippen molar-refractivity contribution in [3.8, 4) is 0 Å². The average molecular weight is 328 g/mol. The summed E-state index contributed by atoms with van der Waals surface area (Å²) in [6.45, 7) is 0. The van der Waals surface area contributed by atoms with Crippen molar-refractivity contribution in [2.24, 2.45) is 7.05 Å². The first kappa shape index (κ1) is 8.41. The van der Waals surface area contributed by atoms with Crippen LogP contribution in [0.4, 0.5) is 0 Å². The summed E-state index contributed by atoms with van der Waals surface area (Å²) in [5.74, 6) is 0. The van der Waals surface area contributed by atoms with E-state index in [2.05, 4.69) is 10.2 Å². The Morgan fingerprint density at radius 1 is 1.09 bits per heavy atom. The van der Waals surface area contributed by atoms with Crippen molar-refractivity contribution in [2.75, 3.05) is 0 Å². The van der Waals surface area contributed by atoms with Crippen LogP contribution in [-0.4, -0.2) is 15.0 Å². The van der Waals surface area contributed by atoms with E-state index in [4.69, 9.17) is 0 Å². The maximum absolute atomic E-state index is 4.12. The van der Waals surface area contributed by atoms with E-state index in [-0.39, 0.29) is 21.1 Å². The molecule has 0 saturated carbocycles. The van der Waals surface area contributed by atoms with Crippen molar-refractivity contribution in [1.82, 2.24) is 15.0 Å². The molecule has 0 N–H and O–H groups in total. The van der Waals surface area contributed by atoms with Crippen LogP contribution >= 0.6 is 0 Å². The molecular formula is C7H7N3Pt. The zero-order valence-electron chi connectivity index (χ0n) is 5.97. The minimum absolute atomic E-state index is 0. The van der Waals surface area contributed by atoms with Crippen LogP contribution in [0.1, 0.15) is 0 Å². The second-order valence-corrected chi connectivity index (χ2v) is 2.18. The van der Waals surface area contributed by atoms with Gasteiger partial charge in [-0.25, -0.2) is 0 Å². The van der Waals surface area contributed by atoms with Gasteiger partial charge in [0, 0.05) is 28.1 Å². The van der Waals surface area contributed by atoms with Crippen LogP contribution in [-0.2, 0) is 28.1 Å². The zero-order valence-corrected chi connectivity index (χ0v) is 8.24. The predicted octanol–water partition coefficient (Wildman–Crippen LogP) is 0.966. The molecule has 0 spiro atoms. The Morgan fingerprint density at radius 2 is 1.55 bits per heavy atom. The molecule has 0 aliphatic carbocycles. The molecule has 0 fully saturated rings. The standard InChI is InChI=1S/C7H7N3.Pt/c1-10-8-6-4-2-3-5-7(6)9-10;/h2-5H,1H3;. The third-order valence-corrected chi connectivity index (χ3v) is 1.39. The zero-order chi connectivity index (χ0) is 6.97. The Labute approximate surface area is 78.7 Å². The van der Waals surface area contributed by atoms with E-state index in [0.29, 0.717) is 0 Å². The van der Waals surface area contributed by atoms with E-state index in [0.717, 1.165) is 11.0 Å². The molecule has 0 saturated heterocycles. The third-order valence-electron chi connectivity index (χ3n) is 1.39. The van der Waals surface area contributed by atoms with Crippen molar-refractivity contribution in [1.29, 1.82) is 0 Å². The first-order valence-corrected chi connectivity index (χ1v) is 3.12. The number of fused-ring (bicyclic) bond motifs is 1. The largest absolute Gasteiger partial charge is 0.187 e. The van der Waals surface area contributed by atoms with Gasteiger partial charge in [-0.15, -0.1) is 0 Å². The Balaban J connectivity index is 0.000000605. The normalized spacial score (nSPS) is 9.55. The molecule has 11 heavy (non-hydrogen) atoms. The van der Waals surface area contributed by atoms with Crippen molar-refractivity contribution >= 4 is 11.0 Å². The summed E-state index contributed by atoms with van der Waals surface area (Å²) < 4.78 is 0. The van der Waals surface area contributed by atoms with Gasteiger partial charge in [-0.2, -0.15) is 15.0 Å². The summed E-state index contributed by atoms with van der Waals surface area (Å²) in [6, 6.07) is 7.80. The molecule has 2 rings (SSSR count). The monoisotopic (exact) mass is 328 g/mol. The predicted molar refractivity (Wildman–Crippen MR) is 38.5 cm³/mol. The van der Waals surface area contributed by atoms with E-state index in [1.165, 1.54) is 0 Å². The Hall–Kier alpha value is -0.692. The van der Waals surface area contributed by atoms with Crippen LogP contribution < -0.4 is 0 Å². The Kier molecular flexibility index (Phi) is 2.40. The van der Waals surface area contributed by atoms with E-state index < -0.39 is 0 Å². The summed E-state index contributed by atoms with van der Waals surface area (Å²) >= 11 is 0. The molecule has 1 aromatic heterocycles. The van der Waals surface area contributed by atoms with E-state index in [1.807, 2.05) is 31.3 Å². The van der Waals surface area contributed by atoms with Crippen molar-refractivity contribution in [3.05, 3.63) is 24.3 Å². The van der Waals surface area contributed by atoms with Crippen molar-refractivity contribution in [3.63, 3.8) is 0 Å². The van der Waals surface area contributed by atoms with E-state index in [9.17, 15) is 0 Å². The molecule has 2 aromatic rings. The molecule has 1 aromatic carbocycles. The number of hydrogen-bond donors (Lipinski definition) is 0. The van der Waals surface area contributed by atoms with Gasteiger partial charge in [0.25, 0.3) is 0 Å². The number of aromatic nitrogens is 3. The summed E-state index contributed by atoms with van der Waals surface area (Å²) in [5.41, 5.74) is 1.90. The van der Waals surface area contributed by atoms with E-state index in [1.54, 1.807) is 4.80 Å². The minimum atomic E-state index is 0. The SMILES string of the molecule is Cn1nc2ccccc2n1.[Pt]. The fourth-order valence-corrected chi connectivity index (χ4v) is 0.967. The van der Waals surface area contributed by atoms with Crippen molar-refractivity contribution < 1.29 is 21.1 Å². The molecule has 0 aliphatic rings. The van der Waals surface area contributed by atoms with E-state index >= 15 is 0 Å². The maximum atomic E-state index is 4.12.